The Morgan fingerprint density at radius 2 is 1.56 bits per heavy atom. The molecule has 3 aromatic carbocycles. The van der Waals surface area contributed by atoms with Gasteiger partial charge in [-0.2, -0.15) is 0 Å². The van der Waals surface area contributed by atoms with E-state index in [1.165, 1.54) is 5.56 Å². The molecule has 2 aromatic heterocycles. The van der Waals surface area contributed by atoms with Crippen LogP contribution in [0.15, 0.2) is 116 Å². The lowest BCUT2D eigenvalue weighted by atomic mass is 9.97. The lowest BCUT2D eigenvalue weighted by molar-refractivity contribution is -0.144. The lowest BCUT2D eigenvalue weighted by Gasteiger charge is -2.37. The van der Waals surface area contributed by atoms with Gasteiger partial charge in [-0.15, -0.1) is 0 Å². The number of imidazole rings is 1. The molecule has 1 aliphatic heterocycles. The second kappa shape index (κ2) is 13.6. The van der Waals surface area contributed by atoms with Gasteiger partial charge in [-0.25, -0.2) is 4.98 Å². The van der Waals surface area contributed by atoms with Crippen LogP contribution in [0.25, 0.3) is 17.2 Å². The number of hydrogen-bond acceptors (Lipinski definition) is 4. The van der Waals surface area contributed by atoms with Crippen LogP contribution >= 0.6 is 0 Å². The molecule has 7 heteroatoms. The number of carbonyl (C=O) groups is 2. The molecule has 0 bridgehead atoms. The van der Waals surface area contributed by atoms with Gasteiger partial charge in [-0.05, 0) is 64.9 Å². The number of aromatic nitrogens is 3. The second-order valence-electron chi connectivity index (χ2n) is 11.5. The molecule has 1 atom stereocenters. The quantitative estimate of drug-likeness (QED) is 0.195. The Bertz CT molecular complexity index is 1800. The van der Waals surface area contributed by atoms with Crippen molar-refractivity contribution in [2.24, 2.45) is 7.05 Å². The van der Waals surface area contributed by atoms with E-state index in [1.807, 2.05) is 90.2 Å². The molecule has 0 spiro atoms. The Labute approximate surface area is 264 Å². The summed E-state index contributed by atoms with van der Waals surface area (Å²) in [6.07, 6.45) is 9.86. The summed E-state index contributed by atoms with van der Waals surface area (Å²) in [5.41, 5.74) is 7.34. The van der Waals surface area contributed by atoms with Crippen molar-refractivity contribution >= 4 is 17.9 Å². The summed E-state index contributed by atoms with van der Waals surface area (Å²) in [4.78, 5) is 40.8. The van der Waals surface area contributed by atoms with Crippen molar-refractivity contribution in [2.45, 2.75) is 38.9 Å². The number of amides is 2. The molecule has 226 valence electrons. The fraction of sp³-hybridized carbons (Fsp3) is 0.211. The predicted octanol–water partition coefficient (Wildman–Crippen LogP) is 6.03. The number of rotatable bonds is 9. The molecule has 0 unspecified atom stereocenters. The van der Waals surface area contributed by atoms with E-state index in [1.54, 1.807) is 35.6 Å². The monoisotopic (exact) mass is 595 g/mol. The largest absolute Gasteiger partial charge is 0.336 e. The molecular formula is C38H37N5O2. The Kier molecular flexibility index (Phi) is 8.96. The van der Waals surface area contributed by atoms with Crippen LogP contribution in [0.1, 0.15) is 33.8 Å². The zero-order valence-corrected chi connectivity index (χ0v) is 25.7. The third-order valence-corrected chi connectivity index (χ3v) is 8.63. The van der Waals surface area contributed by atoms with Crippen LogP contribution < -0.4 is 0 Å². The third-order valence-electron chi connectivity index (χ3n) is 8.63. The zero-order chi connectivity index (χ0) is 31.2. The second-order valence-corrected chi connectivity index (χ2v) is 11.5. The van der Waals surface area contributed by atoms with Crippen LogP contribution in [-0.4, -0.2) is 48.7 Å². The maximum atomic E-state index is 14.5. The minimum absolute atomic E-state index is 0.0418. The van der Waals surface area contributed by atoms with Crippen LogP contribution in [0.4, 0.5) is 0 Å². The Balaban J connectivity index is 1.35. The smallest absolute Gasteiger partial charge is 0.247 e. The first-order valence-corrected chi connectivity index (χ1v) is 15.3. The van der Waals surface area contributed by atoms with Crippen molar-refractivity contribution in [1.29, 1.82) is 0 Å². The number of benzene rings is 3. The van der Waals surface area contributed by atoms with E-state index in [9.17, 15) is 9.59 Å². The van der Waals surface area contributed by atoms with Crippen LogP contribution in [0, 0.1) is 6.92 Å². The normalized spacial score (nSPS) is 13.4. The van der Waals surface area contributed by atoms with E-state index in [2.05, 4.69) is 34.2 Å². The minimum Gasteiger partial charge on any atom is -0.336 e. The highest BCUT2D eigenvalue weighted by molar-refractivity contribution is 5.95. The number of hydrogen-bond donors (Lipinski definition) is 0. The van der Waals surface area contributed by atoms with Crippen LogP contribution in [-0.2, 0) is 42.6 Å². The fourth-order valence-electron chi connectivity index (χ4n) is 5.87. The Morgan fingerprint density at radius 1 is 0.867 bits per heavy atom. The highest BCUT2D eigenvalue weighted by Gasteiger charge is 2.34. The van der Waals surface area contributed by atoms with E-state index in [-0.39, 0.29) is 18.4 Å². The average molecular weight is 596 g/mol. The molecule has 3 heterocycles. The maximum absolute atomic E-state index is 14.5. The zero-order valence-electron chi connectivity index (χ0n) is 25.7. The van der Waals surface area contributed by atoms with Crippen LogP contribution in [0.2, 0.25) is 0 Å². The SMILES string of the molecule is Cc1ncc(C=CC(=O)N(Cc2ccc(-c3ccncc3)cc2)[C@@H](Cc2ccccc2)C(=O)N2CCc3ccccc3C2)n1C. The van der Waals surface area contributed by atoms with E-state index in [0.29, 0.717) is 19.5 Å². The van der Waals surface area contributed by atoms with Crippen molar-refractivity contribution in [3.63, 3.8) is 0 Å². The van der Waals surface area contributed by atoms with Crippen molar-refractivity contribution in [2.75, 3.05) is 6.54 Å². The molecule has 0 N–H and O–H groups in total. The number of nitrogens with zero attached hydrogens (tertiary/aromatic N) is 5. The molecule has 0 radical (unpaired) electrons. The molecule has 0 saturated heterocycles. The van der Waals surface area contributed by atoms with Gasteiger partial charge in [0.25, 0.3) is 0 Å². The van der Waals surface area contributed by atoms with Crippen molar-refractivity contribution in [1.82, 2.24) is 24.3 Å². The van der Waals surface area contributed by atoms with Crippen LogP contribution in [0.3, 0.4) is 0 Å². The molecule has 7 nitrogen and oxygen atoms in total. The summed E-state index contributed by atoms with van der Waals surface area (Å²) >= 11 is 0. The fourth-order valence-corrected chi connectivity index (χ4v) is 5.87. The van der Waals surface area contributed by atoms with E-state index in [0.717, 1.165) is 45.8 Å². The van der Waals surface area contributed by atoms with Gasteiger partial charge in [-0.3, -0.25) is 14.6 Å². The van der Waals surface area contributed by atoms with Crippen molar-refractivity contribution in [3.8, 4) is 11.1 Å². The summed E-state index contributed by atoms with van der Waals surface area (Å²) < 4.78 is 1.93. The Morgan fingerprint density at radius 3 is 2.27 bits per heavy atom. The molecule has 1 aliphatic rings. The lowest BCUT2D eigenvalue weighted by Crippen LogP contribution is -2.52. The van der Waals surface area contributed by atoms with Gasteiger partial charge in [0, 0.05) is 51.6 Å². The first-order valence-electron chi connectivity index (χ1n) is 15.3. The van der Waals surface area contributed by atoms with E-state index >= 15 is 0 Å². The summed E-state index contributed by atoms with van der Waals surface area (Å²) in [6.45, 7) is 3.37. The number of pyridine rings is 1. The first kappa shape index (κ1) is 29.8. The van der Waals surface area contributed by atoms with Gasteiger partial charge in [0.2, 0.25) is 11.8 Å². The molecule has 0 saturated carbocycles. The summed E-state index contributed by atoms with van der Waals surface area (Å²) in [7, 11) is 1.92. The number of carbonyl (C=O) groups excluding carboxylic acids is 2. The van der Waals surface area contributed by atoms with Crippen molar-refractivity contribution < 1.29 is 9.59 Å². The molecular weight excluding hydrogens is 558 g/mol. The number of fused-ring (bicyclic) bond motifs is 1. The third kappa shape index (κ3) is 6.93. The maximum Gasteiger partial charge on any atom is 0.247 e. The van der Waals surface area contributed by atoms with E-state index in [4.69, 9.17) is 0 Å². The highest BCUT2D eigenvalue weighted by atomic mass is 16.2. The standard InChI is InChI=1S/C38H37N5O2/c1-28-40-25-35(41(28)2)16-17-37(44)43(26-30-12-14-32(15-13-30)33-18-21-39-22-19-33)36(24-29-8-4-3-5-9-29)38(45)42-23-20-31-10-6-7-11-34(31)27-42/h3-19,21-22,25,36H,20,23-24,26-27H2,1-2H3/t36-/m0/s1. The van der Waals surface area contributed by atoms with Gasteiger partial charge < -0.3 is 14.4 Å². The number of aryl methyl sites for hydroxylation is 1. The molecule has 0 fully saturated rings. The van der Waals surface area contributed by atoms with E-state index < -0.39 is 6.04 Å². The molecule has 0 aliphatic carbocycles. The molecule has 6 rings (SSSR count). The average Bonchev–Trinajstić information content (AvgIpc) is 3.41. The van der Waals surface area contributed by atoms with Gasteiger partial charge in [0.15, 0.2) is 0 Å². The molecule has 2 amide bonds. The summed E-state index contributed by atoms with van der Waals surface area (Å²) in [5.74, 6) is 0.592. The topological polar surface area (TPSA) is 71.3 Å². The Hall–Kier alpha value is -5.30. The predicted molar refractivity (Wildman–Crippen MR) is 177 cm³/mol. The van der Waals surface area contributed by atoms with Crippen molar-refractivity contribution in [3.05, 3.63) is 149 Å². The van der Waals surface area contributed by atoms with Gasteiger partial charge in [0.05, 0.1) is 11.9 Å². The first-order chi connectivity index (χ1) is 22.0. The summed E-state index contributed by atoms with van der Waals surface area (Å²) in [6, 6.07) is 29.7. The molecule has 45 heavy (non-hydrogen) atoms. The van der Waals surface area contributed by atoms with Gasteiger partial charge in [-0.1, -0.05) is 78.9 Å². The van der Waals surface area contributed by atoms with Gasteiger partial charge in [0.1, 0.15) is 11.9 Å². The summed E-state index contributed by atoms with van der Waals surface area (Å²) in [5, 5.41) is 0. The van der Waals surface area contributed by atoms with Gasteiger partial charge >= 0.3 is 0 Å². The van der Waals surface area contributed by atoms with Crippen LogP contribution in [0.5, 0.6) is 0 Å². The highest BCUT2D eigenvalue weighted by Crippen LogP contribution is 2.24. The minimum atomic E-state index is -0.692. The molecule has 5 aromatic rings.